The van der Waals surface area contributed by atoms with Crippen molar-refractivity contribution >= 4 is 11.8 Å². The monoisotopic (exact) mass is 290 g/mol. The van der Waals surface area contributed by atoms with Crippen molar-refractivity contribution < 1.29 is 19.1 Å². The Labute approximate surface area is 122 Å². The molecule has 1 aromatic carbocycles. The number of benzene rings is 1. The van der Waals surface area contributed by atoms with Crippen LogP contribution < -0.4 is 15.2 Å². The summed E-state index contributed by atoms with van der Waals surface area (Å²) in [4.78, 5) is 25.0. The molecule has 0 aromatic heterocycles. The van der Waals surface area contributed by atoms with E-state index in [1.807, 2.05) is 12.1 Å². The Morgan fingerprint density at radius 1 is 1.29 bits per heavy atom. The number of nitrogens with two attached hydrogens (primary N) is 1. The van der Waals surface area contributed by atoms with Crippen LogP contribution in [0.3, 0.4) is 0 Å². The summed E-state index contributed by atoms with van der Waals surface area (Å²) in [5.41, 5.74) is 6.95. The molecule has 2 N–H and O–H groups in total. The first-order valence-corrected chi connectivity index (χ1v) is 7.05. The number of fused-ring (bicyclic) bond motifs is 1. The first-order valence-electron chi connectivity index (χ1n) is 7.05. The van der Waals surface area contributed by atoms with Gasteiger partial charge < -0.3 is 15.2 Å². The second-order valence-corrected chi connectivity index (χ2v) is 5.46. The van der Waals surface area contributed by atoms with Crippen molar-refractivity contribution in [2.75, 3.05) is 19.8 Å². The molecule has 0 aliphatic carbocycles. The van der Waals surface area contributed by atoms with Crippen molar-refractivity contribution in [2.45, 2.75) is 19.4 Å². The molecule has 6 nitrogen and oxygen atoms in total. The summed E-state index contributed by atoms with van der Waals surface area (Å²) >= 11 is 0. The van der Waals surface area contributed by atoms with Crippen LogP contribution in [-0.4, -0.2) is 36.5 Å². The molecule has 0 radical (unpaired) electrons. The van der Waals surface area contributed by atoms with E-state index in [-0.39, 0.29) is 30.7 Å². The molecule has 2 atom stereocenters. The minimum atomic E-state index is -0.431. The van der Waals surface area contributed by atoms with E-state index in [1.165, 1.54) is 4.90 Å². The molecule has 2 aliphatic heterocycles. The van der Waals surface area contributed by atoms with E-state index in [9.17, 15) is 9.59 Å². The second kappa shape index (κ2) is 5.37. The summed E-state index contributed by atoms with van der Waals surface area (Å²) in [6.45, 7) is 3.00. The highest BCUT2D eigenvalue weighted by molar-refractivity contribution is 6.03. The number of hydrogen-bond donors (Lipinski definition) is 1. The van der Waals surface area contributed by atoms with Crippen LogP contribution in [0.2, 0.25) is 0 Å². The van der Waals surface area contributed by atoms with Crippen molar-refractivity contribution in [3.8, 4) is 11.5 Å². The van der Waals surface area contributed by atoms with Gasteiger partial charge in [-0.3, -0.25) is 14.5 Å². The van der Waals surface area contributed by atoms with Crippen molar-refractivity contribution in [1.82, 2.24) is 4.90 Å². The Hall–Kier alpha value is -2.08. The Balaban J connectivity index is 1.75. The maximum absolute atomic E-state index is 11.9. The molecule has 2 heterocycles. The van der Waals surface area contributed by atoms with Crippen LogP contribution >= 0.6 is 0 Å². The minimum absolute atomic E-state index is 0.145. The molecule has 1 saturated heterocycles. The van der Waals surface area contributed by atoms with Gasteiger partial charge in [0.1, 0.15) is 13.2 Å². The lowest BCUT2D eigenvalue weighted by atomic mass is 10.1. The summed E-state index contributed by atoms with van der Waals surface area (Å²) < 4.78 is 11.0. The van der Waals surface area contributed by atoms with Crippen molar-refractivity contribution in [2.24, 2.45) is 11.7 Å². The topological polar surface area (TPSA) is 81.9 Å². The fraction of sp³-hybridized carbons (Fsp3) is 0.467. The van der Waals surface area contributed by atoms with E-state index in [0.717, 1.165) is 5.56 Å². The summed E-state index contributed by atoms with van der Waals surface area (Å²) in [5, 5.41) is 0. The van der Waals surface area contributed by atoms with E-state index in [4.69, 9.17) is 15.2 Å². The molecule has 112 valence electrons. The molecule has 21 heavy (non-hydrogen) atoms. The van der Waals surface area contributed by atoms with Gasteiger partial charge in [-0.1, -0.05) is 13.0 Å². The quantitative estimate of drug-likeness (QED) is 0.835. The third-order valence-corrected chi connectivity index (χ3v) is 3.84. The van der Waals surface area contributed by atoms with Crippen molar-refractivity contribution in [3.63, 3.8) is 0 Å². The van der Waals surface area contributed by atoms with Crippen molar-refractivity contribution in [1.29, 1.82) is 0 Å². The number of imide groups is 1. The number of likely N-dealkylation sites (tertiary alicyclic amines) is 1. The maximum atomic E-state index is 11.9. The maximum Gasteiger partial charge on any atom is 0.232 e. The van der Waals surface area contributed by atoms with E-state index >= 15 is 0 Å². The third kappa shape index (κ3) is 2.58. The van der Waals surface area contributed by atoms with Gasteiger partial charge in [0.05, 0.1) is 0 Å². The first-order chi connectivity index (χ1) is 10.1. The highest BCUT2D eigenvalue weighted by atomic mass is 16.6. The Bertz CT molecular complexity index is 587. The van der Waals surface area contributed by atoms with Gasteiger partial charge in [-0.2, -0.15) is 0 Å². The van der Waals surface area contributed by atoms with Gasteiger partial charge in [-0.05, 0) is 17.7 Å². The minimum Gasteiger partial charge on any atom is -0.486 e. The fourth-order valence-corrected chi connectivity index (χ4v) is 2.63. The third-order valence-electron chi connectivity index (χ3n) is 3.84. The lowest BCUT2D eigenvalue weighted by molar-refractivity contribution is -0.139. The van der Waals surface area contributed by atoms with Crippen LogP contribution in [0.1, 0.15) is 24.9 Å². The van der Waals surface area contributed by atoms with Crippen LogP contribution in [0.15, 0.2) is 18.2 Å². The molecule has 2 aliphatic rings. The SMILES string of the molecule is CC1CC(=O)N(CC(N)c2ccc3c(c2)OCCO3)C1=O. The zero-order valence-corrected chi connectivity index (χ0v) is 11.9. The molecule has 6 heteroatoms. The highest BCUT2D eigenvalue weighted by Gasteiger charge is 2.36. The van der Waals surface area contributed by atoms with Gasteiger partial charge in [-0.25, -0.2) is 0 Å². The van der Waals surface area contributed by atoms with Crippen LogP contribution in [0.4, 0.5) is 0 Å². The van der Waals surface area contributed by atoms with Gasteiger partial charge in [0.2, 0.25) is 11.8 Å². The summed E-state index contributed by atoms with van der Waals surface area (Å²) in [6.07, 6.45) is 0.271. The molecule has 2 amide bonds. The molecule has 0 spiro atoms. The number of nitrogens with zero attached hydrogens (tertiary/aromatic N) is 1. The molecule has 3 rings (SSSR count). The standard InChI is InChI=1S/C15H18N2O4/c1-9-6-14(18)17(15(9)19)8-11(16)10-2-3-12-13(7-10)21-5-4-20-12/h2-3,7,9,11H,4-6,8,16H2,1H3. The highest BCUT2D eigenvalue weighted by Crippen LogP contribution is 2.32. The molecule has 1 fully saturated rings. The molecule has 1 aromatic rings. The van der Waals surface area contributed by atoms with Gasteiger partial charge in [0.15, 0.2) is 11.5 Å². The average Bonchev–Trinajstić information content (AvgIpc) is 2.73. The van der Waals surface area contributed by atoms with E-state index < -0.39 is 6.04 Å². The average molecular weight is 290 g/mol. The number of hydrogen-bond acceptors (Lipinski definition) is 5. The predicted molar refractivity (Wildman–Crippen MR) is 74.9 cm³/mol. The molecule has 0 bridgehead atoms. The zero-order chi connectivity index (χ0) is 15.0. The molecule has 2 unspecified atom stereocenters. The number of amides is 2. The normalized spacial score (nSPS) is 22.6. The smallest absolute Gasteiger partial charge is 0.232 e. The van der Waals surface area contributed by atoms with Crippen LogP contribution in [0, 0.1) is 5.92 Å². The van der Waals surface area contributed by atoms with E-state index in [0.29, 0.717) is 24.7 Å². The Morgan fingerprint density at radius 3 is 2.67 bits per heavy atom. The lowest BCUT2D eigenvalue weighted by Gasteiger charge is -2.23. The second-order valence-electron chi connectivity index (χ2n) is 5.46. The molecule has 0 saturated carbocycles. The molecular weight excluding hydrogens is 272 g/mol. The van der Waals surface area contributed by atoms with Gasteiger partial charge in [0.25, 0.3) is 0 Å². The number of carbonyl (C=O) groups excluding carboxylic acids is 2. The van der Waals surface area contributed by atoms with E-state index in [2.05, 4.69) is 0 Å². The summed E-state index contributed by atoms with van der Waals surface area (Å²) in [6, 6.07) is 5.03. The van der Waals surface area contributed by atoms with Gasteiger partial charge in [-0.15, -0.1) is 0 Å². The Morgan fingerprint density at radius 2 is 2.00 bits per heavy atom. The first kappa shape index (κ1) is 13.9. The number of carbonyl (C=O) groups is 2. The fourth-order valence-electron chi connectivity index (χ4n) is 2.63. The largest absolute Gasteiger partial charge is 0.486 e. The van der Waals surface area contributed by atoms with Crippen LogP contribution in [-0.2, 0) is 9.59 Å². The molecular formula is C15H18N2O4. The number of ether oxygens (including phenoxy) is 2. The number of rotatable bonds is 3. The van der Waals surface area contributed by atoms with Crippen LogP contribution in [0.25, 0.3) is 0 Å². The summed E-state index contributed by atoms with van der Waals surface area (Å²) in [7, 11) is 0. The summed E-state index contributed by atoms with van der Waals surface area (Å²) in [5.74, 6) is 0.805. The van der Waals surface area contributed by atoms with Crippen LogP contribution in [0.5, 0.6) is 11.5 Å². The lowest BCUT2D eigenvalue weighted by Crippen LogP contribution is -2.36. The van der Waals surface area contributed by atoms with Gasteiger partial charge in [0, 0.05) is 24.9 Å². The van der Waals surface area contributed by atoms with Gasteiger partial charge >= 0.3 is 0 Å². The predicted octanol–water partition coefficient (Wildman–Crippen LogP) is 0.853. The van der Waals surface area contributed by atoms with E-state index in [1.54, 1.807) is 13.0 Å². The zero-order valence-electron chi connectivity index (χ0n) is 11.9. The van der Waals surface area contributed by atoms with Crippen molar-refractivity contribution in [3.05, 3.63) is 23.8 Å². The Kier molecular flexibility index (Phi) is 3.55.